The van der Waals surface area contributed by atoms with Gasteiger partial charge in [-0.3, -0.25) is 0 Å². The molecule has 0 aliphatic carbocycles. The minimum Gasteiger partial charge on any atom is -0.334 e. The summed E-state index contributed by atoms with van der Waals surface area (Å²) >= 11 is 0. The molecule has 0 heterocycles. The number of carbonyl (C=O) groups excluding carboxylic acids is 1. The second-order valence-electron chi connectivity index (χ2n) is 6.15. The smallest absolute Gasteiger partial charge is 0.319 e. The predicted octanol–water partition coefficient (Wildman–Crippen LogP) is 4.91. The third kappa shape index (κ3) is 5.21. The van der Waals surface area contributed by atoms with Gasteiger partial charge >= 0.3 is 6.03 Å². The van der Waals surface area contributed by atoms with Crippen LogP contribution in [-0.4, -0.2) is 6.03 Å². The minimum atomic E-state index is -0.199. The number of aryl methyl sites for hydroxylation is 1. The van der Waals surface area contributed by atoms with Gasteiger partial charge in [0.1, 0.15) is 0 Å². The zero-order chi connectivity index (χ0) is 17.5. The topological polar surface area (TPSA) is 41.1 Å². The molecule has 2 amide bonds. The van der Waals surface area contributed by atoms with Crippen molar-refractivity contribution >= 4 is 11.7 Å². The average Bonchev–Trinajstić information content (AvgIpc) is 2.64. The van der Waals surface area contributed by atoms with Crippen molar-refractivity contribution < 1.29 is 4.79 Å². The van der Waals surface area contributed by atoms with Crippen LogP contribution in [0.15, 0.2) is 78.9 Å². The van der Waals surface area contributed by atoms with Crippen LogP contribution >= 0.6 is 0 Å². The van der Waals surface area contributed by atoms with E-state index in [1.807, 2.05) is 54.6 Å². The molecule has 0 unspecified atom stereocenters. The van der Waals surface area contributed by atoms with E-state index in [1.165, 1.54) is 16.7 Å². The molecule has 3 nitrogen and oxygen atoms in total. The summed E-state index contributed by atoms with van der Waals surface area (Å²) in [5, 5.41) is 5.72. The number of benzene rings is 3. The Labute approximate surface area is 148 Å². The summed E-state index contributed by atoms with van der Waals surface area (Å²) in [4.78, 5) is 12.0. The Morgan fingerprint density at radius 3 is 2.00 bits per heavy atom. The Balaban J connectivity index is 1.51. The lowest BCUT2D eigenvalue weighted by atomic mass is 10.0. The number of urea groups is 1. The van der Waals surface area contributed by atoms with Gasteiger partial charge in [0.05, 0.1) is 0 Å². The normalized spacial score (nSPS) is 10.3. The van der Waals surface area contributed by atoms with E-state index in [4.69, 9.17) is 0 Å². The second-order valence-corrected chi connectivity index (χ2v) is 6.15. The first kappa shape index (κ1) is 16.8. The van der Waals surface area contributed by atoms with E-state index < -0.39 is 0 Å². The molecule has 0 aromatic heterocycles. The molecule has 0 radical (unpaired) electrons. The Morgan fingerprint density at radius 2 is 1.36 bits per heavy atom. The van der Waals surface area contributed by atoms with Crippen LogP contribution in [0.3, 0.4) is 0 Å². The summed E-state index contributed by atoms with van der Waals surface area (Å²) in [6.07, 6.45) is 0.890. The molecule has 0 fully saturated rings. The number of carbonyl (C=O) groups is 1. The van der Waals surface area contributed by atoms with Crippen molar-refractivity contribution in [1.82, 2.24) is 5.32 Å². The highest BCUT2D eigenvalue weighted by molar-refractivity contribution is 5.89. The summed E-state index contributed by atoms with van der Waals surface area (Å²) in [6.45, 7) is 2.60. The van der Waals surface area contributed by atoms with Crippen molar-refractivity contribution in [2.45, 2.75) is 19.9 Å². The van der Waals surface area contributed by atoms with Gasteiger partial charge in [0.15, 0.2) is 0 Å². The van der Waals surface area contributed by atoms with Crippen LogP contribution in [0.1, 0.15) is 22.3 Å². The van der Waals surface area contributed by atoms with Gasteiger partial charge in [-0.2, -0.15) is 0 Å². The number of hydrogen-bond donors (Lipinski definition) is 2. The molecular weight excluding hydrogens is 308 g/mol. The fraction of sp³-hybridized carbons (Fsp3) is 0.136. The third-order valence-corrected chi connectivity index (χ3v) is 4.04. The maximum Gasteiger partial charge on any atom is 0.319 e. The maximum absolute atomic E-state index is 12.0. The molecule has 3 heteroatoms. The Kier molecular flexibility index (Phi) is 5.47. The highest BCUT2D eigenvalue weighted by atomic mass is 16.2. The van der Waals surface area contributed by atoms with Crippen molar-refractivity contribution in [1.29, 1.82) is 0 Å². The van der Waals surface area contributed by atoms with Crippen LogP contribution < -0.4 is 10.6 Å². The van der Waals surface area contributed by atoms with E-state index in [9.17, 15) is 4.79 Å². The van der Waals surface area contributed by atoms with E-state index in [0.29, 0.717) is 6.54 Å². The zero-order valence-corrected chi connectivity index (χ0v) is 14.3. The standard InChI is InChI=1S/C22H22N2O/c1-17-7-9-18(10-8-17)15-19-11-13-21(14-12-19)24-22(25)23-16-20-5-3-2-4-6-20/h2-14H,15-16H2,1H3,(H2,23,24,25). The molecule has 0 bridgehead atoms. The molecule has 126 valence electrons. The van der Waals surface area contributed by atoms with Gasteiger partial charge in [0.25, 0.3) is 0 Å². The van der Waals surface area contributed by atoms with Gasteiger partial charge in [-0.05, 0) is 42.2 Å². The van der Waals surface area contributed by atoms with Crippen LogP contribution in [0, 0.1) is 6.92 Å². The number of nitrogens with one attached hydrogen (secondary N) is 2. The third-order valence-electron chi connectivity index (χ3n) is 4.04. The number of rotatable bonds is 5. The van der Waals surface area contributed by atoms with Crippen molar-refractivity contribution in [2.24, 2.45) is 0 Å². The molecule has 3 aromatic rings. The Morgan fingerprint density at radius 1 is 0.760 bits per heavy atom. The van der Waals surface area contributed by atoms with Gasteiger partial charge in [0.2, 0.25) is 0 Å². The quantitative estimate of drug-likeness (QED) is 0.686. The molecule has 25 heavy (non-hydrogen) atoms. The van der Waals surface area contributed by atoms with E-state index in [2.05, 4.69) is 41.8 Å². The lowest BCUT2D eigenvalue weighted by Crippen LogP contribution is -2.28. The highest BCUT2D eigenvalue weighted by Gasteiger charge is 2.02. The predicted molar refractivity (Wildman–Crippen MR) is 103 cm³/mol. The first-order valence-corrected chi connectivity index (χ1v) is 8.42. The summed E-state index contributed by atoms with van der Waals surface area (Å²) in [5.74, 6) is 0. The summed E-state index contributed by atoms with van der Waals surface area (Å²) in [5.41, 5.74) is 5.64. The van der Waals surface area contributed by atoms with Crippen LogP contribution in [0.25, 0.3) is 0 Å². The van der Waals surface area contributed by atoms with Crippen molar-refractivity contribution in [3.05, 3.63) is 101 Å². The SMILES string of the molecule is Cc1ccc(Cc2ccc(NC(=O)NCc3ccccc3)cc2)cc1. The molecule has 0 aliphatic heterocycles. The fourth-order valence-electron chi connectivity index (χ4n) is 2.60. The van der Waals surface area contributed by atoms with Gasteiger partial charge in [-0.15, -0.1) is 0 Å². The molecule has 0 aliphatic rings. The van der Waals surface area contributed by atoms with E-state index in [0.717, 1.165) is 17.7 Å². The van der Waals surface area contributed by atoms with E-state index in [-0.39, 0.29) is 6.03 Å². The van der Waals surface area contributed by atoms with Gasteiger partial charge in [-0.25, -0.2) is 4.79 Å². The zero-order valence-electron chi connectivity index (χ0n) is 14.3. The molecule has 0 saturated heterocycles. The van der Waals surface area contributed by atoms with Crippen molar-refractivity contribution in [3.8, 4) is 0 Å². The van der Waals surface area contributed by atoms with Crippen LogP contribution in [0.5, 0.6) is 0 Å². The maximum atomic E-state index is 12.0. The van der Waals surface area contributed by atoms with Crippen molar-refractivity contribution in [3.63, 3.8) is 0 Å². The molecule has 3 rings (SSSR count). The molecular formula is C22H22N2O. The molecule has 2 N–H and O–H groups in total. The minimum absolute atomic E-state index is 0.199. The largest absolute Gasteiger partial charge is 0.334 e. The van der Waals surface area contributed by atoms with Crippen LogP contribution in [0.2, 0.25) is 0 Å². The fourth-order valence-corrected chi connectivity index (χ4v) is 2.60. The molecule has 3 aromatic carbocycles. The summed E-state index contributed by atoms with van der Waals surface area (Å²) in [7, 11) is 0. The first-order chi connectivity index (χ1) is 12.2. The lowest BCUT2D eigenvalue weighted by Gasteiger charge is -2.09. The second kappa shape index (κ2) is 8.15. The van der Waals surface area contributed by atoms with Crippen LogP contribution in [-0.2, 0) is 13.0 Å². The lowest BCUT2D eigenvalue weighted by molar-refractivity contribution is 0.251. The van der Waals surface area contributed by atoms with E-state index in [1.54, 1.807) is 0 Å². The average molecular weight is 330 g/mol. The monoisotopic (exact) mass is 330 g/mol. The molecule has 0 spiro atoms. The Hall–Kier alpha value is -3.07. The summed E-state index contributed by atoms with van der Waals surface area (Å²) in [6, 6.07) is 26.2. The number of anilines is 1. The van der Waals surface area contributed by atoms with Gasteiger partial charge in [0, 0.05) is 12.2 Å². The first-order valence-electron chi connectivity index (χ1n) is 8.42. The van der Waals surface area contributed by atoms with Gasteiger partial charge in [-0.1, -0.05) is 72.3 Å². The highest BCUT2D eigenvalue weighted by Crippen LogP contribution is 2.14. The van der Waals surface area contributed by atoms with E-state index >= 15 is 0 Å². The summed E-state index contributed by atoms with van der Waals surface area (Å²) < 4.78 is 0. The molecule has 0 saturated carbocycles. The van der Waals surface area contributed by atoms with Gasteiger partial charge < -0.3 is 10.6 Å². The Bertz CT molecular complexity index is 809. The number of hydrogen-bond acceptors (Lipinski definition) is 1. The van der Waals surface area contributed by atoms with Crippen LogP contribution in [0.4, 0.5) is 10.5 Å². The van der Waals surface area contributed by atoms with Crippen molar-refractivity contribution in [2.75, 3.05) is 5.32 Å². The number of amides is 2. The molecule has 0 atom stereocenters.